The van der Waals surface area contributed by atoms with Crippen molar-refractivity contribution in [3.63, 3.8) is 0 Å². The summed E-state index contributed by atoms with van der Waals surface area (Å²) >= 11 is 0. The van der Waals surface area contributed by atoms with Crippen molar-refractivity contribution in [2.24, 2.45) is 5.73 Å². The summed E-state index contributed by atoms with van der Waals surface area (Å²) in [7, 11) is -4.37. The topological polar surface area (TPSA) is 134 Å². The fourth-order valence-electron chi connectivity index (χ4n) is 6.02. The molecule has 0 bridgehead atoms. The average Bonchev–Trinajstić information content (AvgIpc) is 3.14. The minimum atomic E-state index is -4.37. The maximum atomic E-state index is 12.5. The number of esters is 2. The van der Waals surface area contributed by atoms with E-state index in [1.807, 2.05) is 0 Å². The molecule has 53 heavy (non-hydrogen) atoms. The number of hydrogen-bond donors (Lipinski definition) is 2. The van der Waals surface area contributed by atoms with Gasteiger partial charge in [-0.05, 0) is 57.8 Å². The van der Waals surface area contributed by atoms with Crippen molar-refractivity contribution in [2.75, 3.05) is 26.4 Å². The van der Waals surface area contributed by atoms with Crippen LogP contribution in [0, 0.1) is 0 Å². The molecule has 0 rings (SSSR count). The van der Waals surface area contributed by atoms with Gasteiger partial charge < -0.3 is 20.1 Å². The van der Waals surface area contributed by atoms with Crippen LogP contribution in [-0.4, -0.2) is 49.3 Å². The van der Waals surface area contributed by atoms with Crippen LogP contribution >= 0.6 is 7.82 Å². The second-order valence-electron chi connectivity index (χ2n) is 14.6. The number of phosphoric ester groups is 1. The summed E-state index contributed by atoms with van der Waals surface area (Å²) in [6.45, 7) is 3.69. The van der Waals surface area contributed by atoms with Crippen molar-refractivity contribution in [2.45, 2.75) is 213 Å². The monoisotopic (exact) mass is 772 g/mol. The zero-order valence-electron chi connectivity index (χ0n) is 34.3. The Morgan fingerprint density at radius 1 is 0.547 bits per heavy atom. The summed E-state index contributed by atoms with van der Waals surface area (Å²) in [5.41, 5.74) is 5.34. The number of phosphoric acid groups is 1. The second kappa shape index (κ2) is 40.2. The lowest BCUT2D eigenvalue weighted by Crippen LogP contribution is -2.29. The molecule has 1 unspecified atom stereocenters. The Kier molecular flexibility index (Phi) is 39.0. The minimum absolute atomic E-state index is 0.0530. The van der Waals surface area contributed by atoms with Crippen LogP contribution in [0.2, 0.25) is 0 Å². The van der Waals surface area contributed by atoms with Crippen LogP contribution in [0.3, 0.4) is 0 Å². The predicted molar refractivity (Wildman–Crippen MR) is 220 cm³/mol. The molecule has 3 N–H and O–H groups in total. The third-order valence-corrected chi connectivity index (χ3v) is 10.3. The Hall–Kier alpha value is -1.51. The van der Waals surface area contributed by atoms with Gasteiger partial charge in [-0.15, -0.1) is 0 Å². The number of carbonyl (C=O) groups excluding carboxylic acids is 2. The van der Waals surface area contributed by atoms with E-state index in [1.54, 1.807) is 0 Å². The molecule has 0 aromatic carbocycles. The minimum Gasteiger partial charge on any atom is -0.462 e. The number of hydrogen-bond acceptors (Lipinski definition) is 8. The first kappa shape index (κ1) is 51.5. The van der Waals surface area contributed by atoms with E-state index in [1.165, 1.54) is 116 Å². The van der Waals surface area contributed by atoms with Crippen LogP contribution in [0.4, 0.5) is 0 Å². The maximum absolute atomic E-state index is 12.5. The van der Waals surface area contributed by atoms with Crippen molar-refractivity contribution in [3.05, 3.63) is 24.3 Å². The van der Waals surface area contributed by atoms with Gasteiger partial charge in [0.05, 0.1) is 13.2 Å². The lowest BCUT2D eigenvalue weighted by Gasteiger charge is -2.19. The van der Waals surface area contributed by atoms with E-state index in [-0.39, 0.29) is 38.6 Å². The molecule has 0 aliphatic carbocycles. The molecule has 0 amide bonds. The van der Waals surface area contributed by atoms with E-state index in [0.29, 0.717) is 6.42 Å². The van der Waals surface area contributed by atoms with E-state index in [0.717, 1.165) is 57.8 Å². The molecule has 0 aliphatic heterocycles. The van der Waals surface area contributed by atoms with Gasteiger partial charge in [0.2, 0.25) is 0 Å². The van der Waals surface area contributed by atoms with E-state index in [9.17, 15) is 19.0 Å². The smallest absolute Gasteiger partial charge is 0.462 e. The lowest BCUT2D eigenvalue weighted by atomic mass is 10.0. The van der Waals surface area contributed by atoms with Crippen molar-refractivity contribution in [3.8, 4) is 0 Å². The van der Waals surface area contributed by atoms with Gasteiger partial charge >= 0.3 is 19.8 Å². The van der Waals surface area contributed by atoms with E-state index < -0.39 is 26.5 Å². The molecule has 0 heterocycles. The van der Waals surface area contributed by atoms with Gasteiger partial charge in [0.25, 0.3) is 0 Å². The third kappa shape index (κ3) is 40.0. The number of ether oxygens (including phenoxy) is 2. The highest BCUT2D eigenvalue weighted by atomic mass is 31.2. The number of nitrogens with two attached hydrogens (primary N) is 1. The van der Waals surface area contributed by atoms with Crippen LogP contribution in [0.5, 0.6) is 0 Å². The van der Waals surface area contributed by atoms with Gasteiger partial charge in [-0.1, -0.05) is 160 Å². The molecule has 0 aromatic rings. The molecule has 0 saturated carbocycles. The fraction of sp³-hybridized carbons (Fsp3) is 0.860. The summed E-state index contributed by atoms with van der Waals surface area (Å²) < 4.78 is 32.7. The summed E-state index contributed by atoms with van der Waals surface area (Å²) in [6.07, 6.45) is 42.2. The normalized spacial score (nSPS) is 13.5. The van der Waals surface area contributed by atoms with E-state index in [2.05, 4.69) is 38.2 Å². The number of carbonyl (C=O) groups is 2. The van der Waals surface area contributed by atoms with Gasteiger partial charge in [0.1, 0.15) is 6.61 Å². The first-order chi connectivity index (χ1) is 25.8. The van der Waals surface area contributed by atoms with Crippen LogP contribution in [0.15, 0.2) is 24.3 Å². The average molecular weight is 772 g/mol. The van der Waals surface area contributed by atoms with Gasteiger partial charge in [-0.3, -0.25) is 18.6 Å². The molecular weight excluding hydrogens is 689 g/mol. The van der Waals surface area contributed by atoms with Gasteiger partial charge in [-0.2, -0.15) is 0 Å². The highest BCUT2D eigenvalue weighted by molar-refractivity contribution is 7.47. The predicted octanol–water partition coefficient (Wildman–Crippen LogP) is 12.4. The fourth-order valence-corrected chi connectivity index (χ4v) is 6.79. The molecule has 0 saturated heterocycles. The van der Waals surface area contributed by atoms with Crippen LogP contribution in [0.25, 0.3) is 0 Å². The standard InChI is InChI=1S/C43H82NO8P/c1-3-5-7-9-11-13-15-16-17-18-19-20-21-22-23-24-26-27-29-31-33-35-42(45)49-39-41(40-51-53(47,48)50-38-37-44)52-43(46)36-34-32-30-28-25-14-12-10-8-6-4-2/h10,12,16-17,41H,3-9,11,13-15,18-40,44H2,1-2H3,(H,47,48)/b12-10+,17-16+/t41-/m0/s1. The number of allylic oxidation sites excluding steroid dienone is 4. The van der Waals surface area contributed by atoms with Gasteiger partial charge in [-0.25, -0.2) is 4.57 Å². The first-order valence-corrected chi connectivity index (χ1v) is 23.3. The third-order valence-electron chi connectivity index (χ3n) is 9.31. The number of rotatable bonds is 41. The van der Waals surface area contributed by atoms with E-state index in [4.69, 9.17) is 24.3 Å². The largest absolute Gasteiger partial charge is 0.472 e. The van der Waals surface area contributed by atoms with Gasteiger partial charge in [0, 0.05) is 19.4 Å². The molecule has 0 spiro atoms. The molecule has 0 radical (unpaired) electrons. The Bertz CT molecular complexity index is 928. The first-order valence-electron chi connectivity index (χ1n) is 21.8. The zero-order valence-corrected chi connectivity index (χ0v) is 35.2. The Labute approximate surface area is 325 Å². The van der Waals surface area contributed by atoms with Gasteiger partial charge in [0.15, 0.2) is 6.10 Å². The second-order valence-corrected chi connectivity index (χ2v) is 16.0. The van der Waals surface area contributed by atoms with Crippen LogP contribution in [0.1, 0.15) is 206 Å². The highest BCUT2D eigenvalue weighted by Crippen LogP contribution is 2.43. The Morgan fingerprint density at radius 2 is 0.943 bits per heavy atom. The zero-order chi connectivity index (χ0) is 38.9. The molecule has 9 nitrogen and oxygen atoms in total. The van der Waals surface area contributed by atoms with E-state index >= 15 is 0 Å². The summed E-state index contributed by atoms with van der Waals surface area (Å²) in [5.74, 6) is -0.836. The quantitative estimate of drug-likeness (QED) is 0.0269. The summed E-state index contributed by atoms with van der Waals surface area (Å²) in [6, 6.07) is 0. The van der Waals surface area contributed by atoms with Crippen molar-refractivity contribution < 1.29 is 37.6 Å². The highest BCUT2D eigenvalue weighted by Gasteiger charge is 2.26. The lowest BCUT2D eigenvalue weighted by molar-refractivity contribution is -0.161. The summed E-state index contributed by atoms with van der Waals surface area (Å²) in [5, 5.41) is 0. The molecule has 0 aromatic heterocycles. The SMILES string of the molecule is CCCC/C=C/CCCCCCCC(=O)O[C@@H](COC(=O)CCCCCCCCCCCCC/C=C/CCCCCCCC)COP(=O)(O)OCCN. The molecule has 0 aliphatic rings. The summed E-state index contributed by atoms with van der Waals surface area (Å²) in [4.78, 5) is 34.8. The Morgan fingerprint density at radius 3 is 1.40 bits per heavy atom. The Balaban J connectivity index is 4.05. The van der Waals surface area contributed by atoms with Crippen molar-refractivity contribution >= 4 is 19.8 Å². The number of unbranched alkanes of at least 4 members (excludes halogenated alkanes) is 24. The van der Waals surface area contributed by atoms with Crippen molar-refractivity contribution in [1.82, 2.24) is 0 Å². The molecule has 0 fully saturated rings. The maximum Gasteiger partial charge on any atom is 0.472 e. The molecule has 312 valence electrons. The van der Waals surface area contributed by atoms with Crippen LogP contribution in [-0.2, 0) is 32.7 Å². The van der Waals surface area contributed by atoms with Crippen LogP contribution < -0.4 is 5.73 Å². The molecule has 2 atom stereocenters. The van der Waals surface area contributed by atoms with Crippen molar-refractivity contribution in [1.29, 1.82) is 0 Å². The molecule has 10 heteroatoms. The molecular formula is C43H82NO8P.